The minimum Gasteiger partial charge on any atom is -0.462 e. The van der Waals surface area contributed by atoms with Gasteiger partial charge in [-0.3, -0.25) is 4.79 Å². The molecule has 0 aliphatic carbocycles. The molecule has 0 spiro atoms. The highest BCUT2D eigenvalue weighted by Crippen LogP contribution is 2.39. The summed E-state index contributed by atoms with van der Waals surface area (Å²) < 4.78 is 34.5. The van der Waals surface area contributed by atoms with Gasteiger partial charge in [0.1, 0.15) is 10.7 Å². The van der Waals surface area contributed by atoms with Crippen molar-refractivity contribution in [2.45, 2.75) is 26.0 Å². The molecule has 1 N–H and O–H groups in total. The molecule has 4 rings (SSSR count). The first kappa shape index (κ1) is 20.8. The predicted octanol–water partition coefficient (Wildman–Crippen LogP) is 3.67. The molecular weight excluding hydrogens is 448 g/mol. The number of nitrogens with zero attached hydrogens (tertiary/aromatic N) is 1. The molecule has 158 valence electrons. The average Bonchev–Trinajstić information content (AvgIpc) is 3.38. The number of thiazole rings is 1. The third-order valence-electron chi connectivity index (χ3n) is 4.56. The van der Waals surface area contributed by atoms with Gasteiger partial charge in [0.15, 0.2) is 20.6 Å². The van der Waals surface area contributed by atoms with E-state index in [1.807, 2.05) is 0 Å². The summed E-state index contributed by atoms with van der Waals surface area (Å²) in [5, 5.41) is 3.61. The van der Waals surface area contributed by atoms with E-state index >= 15 is 0 Å². The fourth-order valence-corrected chi connectivity index (χ4v) is 7.12. The fraction of sp³-hybridized carbons (Fsp3) is 0.316. The molecule has 4 heterocycles. The van der Waals surface area contributed by atoms with E-state index in [-0.39, 0.29) is 40.8 Å². The number of amides is 1. The van der Waals surface area contributed by atoms with Gasteiger partial charge in [0.25, 0.3) is 5.91 Å². The first-order valence-electron chi connectivity index (χ1n) is 9.13. The van der Waals surface area contributed by atoms with E-state index in [2.05, 4.69) is 10.3 Å². The number of aromatic nitrogens is 1. The number of hydrogen-bond acceptors (Lipinski definition) is 9. The highest BCUT2D eigenvalue weighted by atomic mass is 32.2. The van der Waals surface area contributed by atoms with Crippen molar-refractivity contribution in [3.8, 4) is 10.8 Å². The molecule has 1 aliphatic heterocycles. The van der Waals surface area contributed by atoms with Gasteiger partial charge in [-0.05, 0) is 38.0 Å². The van der Waals surface area contributed by atoms with Crippen molar-refractivity contribution < 1.29 is 27.2 Å². The van der Waals surface area contributed by atoms with Crippen molar-refractivity contribution in [1.82, 2.24) is 4.98 Å². The highest BCUT2D eigenvalue weighted by Gasteiger charge is 2.32. The van der Waals surface area contributed by atoms with Gasteiger partial charge in [-0.2, -0.15) is 0 Å². The summed E-state index contributed by atoms with van der Waals surface area (Å²) >= 11 is 2.42. The second-order valence-electron chi connectivity index (χ2n) is 6.63. The molecule has 0 unspecified atom stereocenters. The van der Waals surface area contributed by atoms with Crippen molar-refractivity contribution in [3.05, 3.63) is 45.0 Å². The Hall–Kier alpha value is -2.50. The van der Waals surface area contributed by atoms with Gasteiger partial charge >= 0.3 is 5.97 Å². The number of aryl methyl sites for hydroxylation is 1. The molecule has 1 amide bonds. The van der Waals surface area contributed by atoms with Gasteiger partial charge in [0.2, 0.25) is 0 Å². The molecule has 0 saturated carbocycles. The molecule has 8 nitrogen and oxygen atoms in total. The first-order valence-corrected chi connectivity index (χ1v) is 12.6. The summed E-state index contributed by atoms with van der Waals surface area (Å²) in [6.45, 7) is 3.64. The number of carbonyl (C=O) groups excluding carboxylic acids is 2. The van der Waals surface area contributed by atoms with Crippen LogP contribution in [0.15, 0.2) is 22.8 Å². The average molecular weight is 467 g/mol. The first-order chi connectivity index (χ1) is 14.3. The minimum absolute atomic E-state index is 0.0335. The number of anilines is 1. The van der Waals surface area contributed by atoms with Crippen LogP contribution in [-0.4, -0.2) is 37.6 Å². The number of ether oxygens (including phenoxy) is 1. The molecule has 0 saturated heterocycles. The van der Waals surface area contributed by atoms with Crippen molar-refractivity contribution in [3.63, 3.8) is 0 Å². The third-order valence-corrected chi connectivity index (χ3v) is 8.43. The van der Waals surface area contributed by atoms with Gasteiger partial charge in [0, 0.05) is 9.75 Å². The van der Waals surface area contributed by atoms with E-state index in [1.54, 1.807) is 26.0 Å². The Balaban J connectivity index is 1.68. The van der Waals surface area contributed by atoms with Crippen LogP contribution < -0.4 is 5.32 Å². The zero-order chi connectivity index (χ0) is 21.5. The fourth-order valence-electron chi connectivity index (χ4n) is 3.20. The lowest BCUT2D eigenvalue weighted by molar-refractivity contribution is 0.0527. The van der Waals surface area contributed by atoms with Crippen LogP contribution in [0.1, 0.15) is 43.1 Å². The Morgan fingerprint density at radius 3 is 2.83 bits per heavy atom. The normalized spacial score (nSPS) is 14.9. The topological polar surface area (TPSA) is 116 Å². The SMILES string of the molecule is CCOC(=O)c1c(NC(=O)c2nc(-c3ccco3)sc2C)sc2c1CCS(=O)(=O)C2. The standard InChI is InChI=1S/C19H18N2O6S3/c1-3-26-19(23)14-11-6-8-30(24,25)9-13(11)29-18(14)21-16(22)15-10(2)28-17(20-15)12-5-4-7-27-12/h4-5,7H,3,6,8-9H2,1-2H3,(H,21,22). The van der Waals surface area contributed by atoms with Crippen LogP contribution >= 0.6 is 22.7 Å². The van der Waals surface area contributed by atoms with E-state index in [0.717, 1.165) is 11.3 Å². The van der Waals surface area contributed by atoms with E-state index in [0.29, 0.717) is 26.1 Å². The van der Waals surface area contributed by atoms with Crippen LogP contribution in [0.5, 0.6) is 0 Å². The van der Waals surface area contributed by atoms with E-state index < -0.39 is 21.7 Å². The molecule has 11 heteroatoms. The second-order valence-corrected chi connectivity index (χ2v) is 11.1. The Morgan fingerprint density at radius 2 is 2.13 bits per heavy atom. The van der Waals surface area contributed by atoms with E-state index in [9.17, 15) is 18.0 Å². The van der Waals surface area contributed by atoms with Crippen LogP contribution in [0.25, 0.3) is 10.8 Å². The molecule has 3 aromatic heterocycles. The monoisotopic (exact) mass is 466 g/mol. The van der Waals surface area contributed by atoms with Gasteiger partial charge in [-0.1, -0.05) is 0 Å². The maximum Gasteiger partial charge on any atom is 0.341 e. The summed E-state index contributed by atoms with van der Waals surface area (Å²) in [6.07, 6.45) is 1.75. The summed E-state index contributed by atoms with van der Waals surface area (Å²) in [5.74, 6) is -0.669. The van der Waals surface area contributed by atoms with E-state index in [1.165, 1.54) is 17.6 Å². The second kappa shape index (κ2) is 7.97. The number of esters is 1. The molecule has 0 aromatic carbocycles. The van der Waals surface area contributed by atoms with Gasteiger partial charge in [0.05, 0.1) is 29.9 Å². The number of furan rings is 1. The molecule has 0 bridgehead atoms. The van der Waals surface area contributed by atoms with Gasteiger partial charge in [-0.25, -0.2) is 18.2 Å². The van der Waals surface area contributed by atoms with Crippen molar-refractivity contribution in [2.75, 3.05) is 17.7 Å². The van der Waals surface area contributed by atoms with Crippen molar-refractivity contribution >= 4 is 49.4 Å². The van der Waals surface area contributed by atoms with Gasteiger partial charge in [-0.15, -0.1) is 22.7 Å². The molecule has 1 aliphatic rings. The number of carbonyl (C=O) groups is 2. The lowest BCUT2D eigenvalue weighted by atomic mass is 10.1. The summed E-state index contributed by atoms with van der Waals surface area (Å²) in [7, 11) is -3.22. The lowest BCUT2D eigenvalue weighted by Crippen LogP contribution is -2.20. The summed E-state index contributed by atoms with van der Waals surface area (Å²) in [4.78, 5) is 31.1. The maximum absolute atomic E-state index is 12.9. The zero-order valence-electron chi connectivity index (χ0n) is 16.2. The Bertz CT molecular complexity index is 1220. The molecule has 30 heavy (non-hydrogen) atoms. The van der Waals surface area contributed by atoms with Crippen LogP contribution in [0, 0.1) is 6.92 Å². The Labute approximate surface area is 180 Å². The molecule has 3 aromatic rings. The maximum atomic E-state index is 12.9. The highest BCUT2D eigenvalue weighted by molar-refractivity contribution is 7.90. The third kappa shape index (κ3) is 3.92. The number of hydrogen-bond donors (Lipinski definition) is 1. The zero-order valence-corrected chi connectivity index (χ0v) is 18.6. The molecular formula is C19H18N2O6S3. The van der Waals surface area contributed by atoms with E-state index in [4.69, 9.17) is 9.15 Å². The molecule has 0 radical (unpaired) electrons. The number of sulfone groups is 1. The number of rotatable bonds is 5. The Kier molecular flexibility index (Phi) is 5.51. The summed E-state index contributed by atoms with van der Waals surface area (Å²) in [6, 6.07) is 3.49. The summed E-state index contributed by atoms with van der Waals surface area (Å²) in [5.41, 5.74) is 1.09. The van der Waals surface area contributed by atoms with Crippen molar-refractivity contribution in [1.29, 1.82) is 0 Å². The largest absolute Gasteiger partial charge is 0.462 e. The molecule has 0 fully saturated rings. The smallest absolute Gasteiger partial charge is 0.341 e. The Morgan fingerprint density at radius 1 is 1.33 bits per heavy atom. The number of fused-ring (bicyclic) bond motifs is 1. The predicted molar refractivity (Wildman–Crippen MR) is 114 cm³/mol. The quantitative estimate of drug-likeness (QED) is 0.570. The van der Waals surface area contributed by atoms with Crippen LogP contribution in [-0.2, 0) is 26.7 Å². The number of nitrogens with one attached hydrogen (secondary N) is 1. The van der Waals surface area contributed by atoms with Crippen molar-refractivity contribution in [2.24, 2.45) is 0 Å². The molecule has 0 atom stereocenters. The minimum atomic E-state index is -3.22. The van der Waals surface area contributed by atoms with Gasteiger partial charge < -0.3 is 14.5 Å². The van der Waals surface area contributed by atoms with Crippen LogP contribution in [0.3, 0.4) is 0 Å². The van der Waals surface area contributed by atoms with Crippen LogP contribution in [0.4, 0.5) is 5.00 Å². The number of thiophene rings is 1. The lowest BCUT2D eigenvalue weighted by Gasteiger charge is -2.13. The van der Waals surface area contributed by atoms with Crippen LogP contribution in [0.2, 0.25) is 0 Å².